The Bertz CT molecular complexity index is 619. The first-order chi connectivity index (χ1) is 14.1. The third-order valence-electron chi connectivity index (χ3n) is 6.50. The van der Waals surface area contributed by atoms with Crippen molar-refractivity contribution in [3.8, 4) is 0 Å². The van der Waals surface area contributed by atoms with Crippen LogP contribution in [0.5, 0.6) is 0 Å². The smallest absolute Gasteiger partial charge is 0.191 e. The fraction of sp³-hybridized carbons (Fsp3) is 0.708. The first kappa shape index (κ1) is 22.1. The molecule has 5 nitrogen and oxygen atoms in total. The van der Waals surface area contributed by atoms with Crippen molar-refractivity contribution < 1.29 is 4.74 Å². The molecule has 3 atom stereocenters. The van der Waals surface area contributed by atoms with Crippen molar-refractivity contribution in [3.05, 3.63) is 35.9 Å². The first-order valence-corrected chi connectivity index (χ1v) is 11.5. The molecular formula is C24H40N4O. The van der Waals surface area contributed by atoms with Crippen LogP contribution in [0.2, 0.25) is 0 Å². The predicted octanol–water partition coefficient (Wildman–Crippen LogP) is 3.80. The van der Waals surface area contributed by atoms with E-state index in [1.807, 2.05) is 7.05 Å². The molecule has 2 bridgehead atoms. The summed E-state index contributed by atoms with van der Waals surface area (Å²) in [6.45, 7) is 9.28. The second-order valence-corrected chi connectivity index (χ2v) is 8.88. The maximum atomic E-state index is 5.86. The maximum absolute atomic E-state index is 5.86. The van der Waals surface area contributed by atoms with E-state index >= 15 is 0 Å². The molecule has 5 heteroatoms. The van der Waals surface area contributed by atoms with Crippen LogP contribution in [-0.2, 0) is 11.3 Å². The van der Waals surface area contributed by atoms with Gasteiger partial charge >= 0.3 is 0 Å². The van der Waals surface area contributed by atoms with Crippen molar-refractivity contribution in [2.75, 3.05) is 20.2 Å². The van der Waals surface area contributed by atoms with Gasteiger partial charge < -0.3 is 15.4 Å². The first-order valence-electron chi connectivity index (χ1n) is 11.5. The van der Waals surface area contributed by atoms with Gasteiger partial charge in [-0.1, -0.05) is 44.2 Å². The van der Waals surface area contributed by atoms with E-state index in [9.17, 15) is 0 Å². The number of hydrogen-bond donors (Lipinski definition) is 2. The Morgan fingerprint density at radius 3 is 2.45 bits per heavy atom. The fourth-order valence-corrected chi connectivity index (χ4v) is 4.99. The largest absolute Gasteiger partial charge is 0.378 e. The van der Waals surface area contributed by atoms with Crippen LogP contribution in [0.4, 0.5) is 0 Å². The van der Waals surface area contributed by atoms with Crippen molar-refractivity contribution in [2.45, 2.75) is 83.6 Å². The van der Waals surface area contributed by atoms with Crippen LogP contribution >= 0.6 is 0 Å². The fourth-order valence-electron chi connectivity index (χ4n) is 4.99. The Morgan fingerprint density at radius 2 is 1.86 bits per heavy atom. The Hall–Kier alpha value is -1.59. The third-order valence-corrected chi connectivity index (χ3v) is 6.50. The van der Waals surface area contributed by atoms with E-state index in [1.54, 1.807) is 0 Å². The second-order valence-electron chi connectivity index (χ2n) is 8.88. The Balaban J connectivity index is 1.46. The molecule has 0 saturated carbocycles. The van der Waals surface area contributed by atoms with Gasteiger partial charge in [0.1, 0.15) is 0 Å². The Labute approximate surface area is 177 Å². The monoisotopic (exact) mass is 400 g/mol. The van der Waals surface area contributed by atoms with E-state index in [4.69, 9.17) is 4.74 Å². The standard InChI is InChI=1S/C24H40N4O/c1-5-29-23(18(2)3)13-14-26-24(25-4)27-20-15-21-11-12-22(16-20)28(21)17-19-9-7-6-8-10-19/h6-10,18,20-23H,5,11-17H2,1-4H3,(H2,25,26,27). The van der Waals surface area contributed by atoms with Gasteiger partial charge in [-0.25, -0.2) is 0 Å². The topological polar surface area (TPSA) is 48.9 Å². The van der Waals surface area contributed by atoms with E-state index in [1.165, 1.54) is 31.2 Å². The predicted molar refractivity (Wildman–Crippen MR) is 121 cm³/mol. The SMILES string of the molecule is CCOC(CCNC(=NC)NC1CC2CCC(C1)N2Cc1ccccc1)C(C)C. The van der Waals surface area contributed by atoms with Crippen molar-refractivity contribution in [3.63, 3.8) is 0 Å². The minimum absolute atomic E-state index is 0.308. The van der Waals surface area contributed by atoms with Crippen LogP contribution in [0.15, 0.2) is 35.3 Å². The van der Waals surface area contributed by atoms with E-state index in [-0.39, 0.29) is 0 Å². The third kappa shape index (κ3) is 6.19. The van der Waals surface area contributed by atoms with Crippen molar-refractivity contribution in [1.29, 1.82) is 0 Å². The van der Waals surface area contributed by atoms with E-state index in [0.717, 1.165) is 32.1 Å². The summed E-state index contributed by atoms with van der Waals surface area (Å²) in [5, 5.41) is 7.20. The Kier molecular flexibility index (Phi) is 8.37. The minimum Gasteiger partial charge on any atom is -0.378 e. The van der Waals surface area contributed by atoms with Gasteiger partial charge in [0.15, 0.2) is 5.96 Å². The van der Waals surface area contributed by atoms with Crippen LogP contribution < -0.4 is 10.6 Å². The lowest BCUT2D eigenvalue weighted by atomic mass is 9.96. The molecule has 0 radical (unpaired) electrons. The van der Waals surface area contributed by atoms with Crippen molar-refractivity contribution >= 4 is 5.96 Å². The number of ether oxygens (including phenoxy) is 1. The van der Waals surface area contributed by atoms with E-state index < -0.39 is 0 Å². The number of fused-ring (bicyclic) bond motifs is 2. The van der Waals surface area contributed by atoms with E-state index in [2.05, 4.69) is 71.6 Å². The molecule has 2 aliphatic heterocycles. The van der Waals surface area contributed by atoms with Gasteiger partial charge in [0, 0.05) is 44.9 Å². The summed E-state index contributed by atoms with van der Waals surface area (Å²) in [6.07, 6.45) is 6.38. The molecule has 3 unspecified atom stereocenters. The highest BCUT2D eigenvalue weighted by molar-refractivity contribution is 5.79. The number of benzene rings is 1. The molecule has 0 aliphatic carbocycles. The molecule has 29 heavy (non-hydrogen) atoms. The molecule has 1 aromatic carbocycles. The average Bonchev–Trinajstić information content (AvgIpc) is 2.95. The molecular weight excluding hydrogens is 360 g/mol. The zero-order valence-electron chi connectivity index (χ0n) is 18.7. The number of aliphatic imine (C=N–C) groups is 1. The van der Waals surface area contributed by atoms with Gasteiger partial charge in [0.25, 0.3) is 0 Å². The lowest BCUT2D eigenvalue weighted by molar-refractivity contribution is 0.0258. The molecule has 2 fully saturated rings. The van der Waals surface area contributed by atoms with Crippen LogP contribution in [0, 0.1) is 5.92 Å². The second kappa shape index (κ2) is 11.0. The van der Waals surface area contributed by atoms with Crippen LogP contribution in [0.25, 0.3) is 0 Å². The molecule has 1 aromatic rings. The summed E-state index contributed by atoms with van der Waals surface area (Å²) >= 11 is 0. The normalized spacial score (nSPS) is 26.0. The summed E-state index contributed by atoms with van der Waals surface area (Å²) in [5.74, 6) is 1.47. The summed E-state index contributed by atoms with van der Waals surface area (Å²) in [4.78, 5) is 7.20. The van der Waals surface area contributed by atoms with Crippen LogP contribution in [0.3, 0.4) is 0 Å². The lowest BCUT2D eigenvalue weighted by Crippen LogP contribution is -2.52. The number of guanidine groups is 1. The maximum Gasteiger partial charge on any atom is 0.191 e. The molecule has 2 heterocycles. The molecule has 162 valence electrons. The zero-order valence-corrected chi connectivity index (χ0v) is 18.7. The van der Waals surface area contributed by atoms with Gasteiger partial charge in [0.2, 0.25) is 0 Å². The van der Waals surface area contributed by atoms with Crippen LogP contribution in [0.1, 0.15) is 58.4 Å². The molecule has 3 rings (SSSR count). The molecule has 0 amide bonds. The summed E-state index contributed by atoms with van der Waals surface area (Å²) in [7, 11) is 1.87. The van der Waals surface area contributed by atoms with Gasteiger partial charge in [-0.3, -0.25) is 9.89 Å². The molecule has 0 spiro atoms. The highest BCUT2D eigenvalue weighted by atomic mass is 16.5. The lowest BCUT2D eigenvalue weighted by Gasteiger charge is -2.39. The molecule has 2 N–H and O–H groups in total. The molecule has 2 aliphatic rings. The molecule has 0 aromatic heterocycles. The van der Waals surface area contributed by atoms with E-state index in [0.29, 0.717) is 30.1 Å². The number of nitrogens with one attached hydrogen (secondary N) is 2. The van der Waals surface area contributed by atoms with Gasteiger partial charge in [0.05, 0.1) is 6.10 Å². The van der Waals surface area contributed by atoms with Gasteiger partial charge in [-0.2, -0.15) is 0 Å². The minimum atomic E-state index is 0.308. The quantitative estimate of drug-likeness (QED) is 0.489. The van der Waals surface area contributed by atoms with Gasteiger partial charge in [-0.05, 0) is 50.5 Å². The van der Waals surface area contributed by atoms with Crippen LogP contribution in [-0.4, -0.2) is 55.3 Å². The van der Waals surface area contributed by atoms with Crippen molar-refractivity contribution in [2.24, 2.45) is 10.9 Å². The number of nitrogens with zero attached hydrogens (tertiary/aromatic N) is 2. The highest BCUT2D eigenvalue weighted by Gasteiger charge is 2.40. The van der Waals surface area contributed by atoms with Gasteiger partial charge in [-0.15, -0.1) is 0 Å². The zero-order chi connectivity index (χ0) is 20.6. The summed E-state index contributed by atoms with van der Waals surface area (Å²) in [6, 6.07) is 12.8. The number of hydrogen-bond acceptors (Lipinski definition) is 3. The Morgan fingerprint density at radius 1 is 1.17 bits per heavy atom. The number of rotatable bonds is 9. The average molecular weight is 401 g/mol. The molecule has 2 saturated heterocycles. The summed E-state index contributed by atoms with van der Waals surface area (Å²) < 4.78 is 5.86. The number of piperidine rings is 1. The summed E-state index contributed by atoms with van der Waals surface area (Å²) in [5.41, 5.74) is 1.43. The van der Waals surface area contributed by atoms with Crippen molar-refractivity contribution in [1.82, 2.24) is 15.5 Å². The highest BCUT2D eigenvalue weighted by Crippen LogP contribution is 2.36.